The number of halogens is 4. The van der Waals surface area contributed by atoms with Crippen molar-refractivity contribution in [3.8, 4) is 0 Å². The van der Waals surface area contributed by atoms with Crippen molar-refractivity contribution in [2.75, 3.05) is 6.54 Å². The highest BCUT2D eigenvalue weighted by Gasteiger charge is 2.37. The molecule has 1 aliphatic rings. The van der Waals surface area contributed by atoms with Crippen LogP contribution in [0.3, 0.4) is 0 Å². The molecule has 3 nitrogen and oxygen atoms in total. The highest BCUT2D eigenvalue weighted by molar-refractivity contribution is 5.82. The first-order valence-corrected chi connectivity index (χ1v) is 6.18. The molecule has 3 N–H and O–H groups in total. The second-order valence-electron chi connectivity index (χ2n) is 4.92. The first kappa shape index (κ1) is 14.8. The van der Waals surface area contributed by atoms with Crippen molar-refractivity contribution in [3.05, 3.63) is 35.1 Å². The standard InChI is InChI=1S/C13H14F4N2O/c14-8-3-4-9(10(5-8)13(15,16)17)11(12(18)20)19-6-7-1-2-7/h3-5,7,11,19H,1-2,6H2,(H2,18,20). The number of nitrogens with one attached hydrogen (secondary N) is 1. The molecule has 0 aromatic heterocycles. The van der Waals surface area contributed by atoms with Gasteiger partial charge in [-0.25, -0.2) is 4.39 Å². The predicted molar refractivity (Wildman–Crippen MR) is 64.1 cm³/mol. The maximum atomic E-state index is 13.0. The fraction of sp³-hybridized carbons (Fsp3) is 0.462. The number of benzene rings is 1. The number of primary amides is 1. The SMILES string of the molecule is NC(=O)C(NCC1CC1)c1ccc(F)cc1C(F)(F)F. The van der Waals surface area contributed by atoms with E-state index in [1.165, 1.54) is 0 Å². The van der Waals surface area contributed by atoms with E-state index < -0.39 is 29.5 Å². The fourth-order valence-corrected chi connectivity index (χ4v) is 2.00. The van der Waals surface area contributed by atoms with Crippen molar-refractivity contribution in [2.45, 2.75) is 25.1 Å². The number of nitrogens with two attached hydrogens (primary N) is 1. The molecule has 110 valence electrons. The average molecular weight is 290 g/mol. The van der Waals surface area contributed by atoms with Crippen LogP contribution in [0.2, 0.25) is 0 Å². The van der Waals surface area contributed by atoms with Gasteiger partial charge in [0, 0.05) is 0 Å². The van der Waals surface area contributed by atoms with Gasteiger partial charge in [-0.3, -0.25) is 4.79 Å². The number of carbonyl (C=O) groups is 1. The lowest BCUT2D eigenvalue weighted by atomic mass is 9.99. The Balaban J connectivity index is 2.33. The zero-order valence-corrected chi connectivity index (χ0v) is 10.5. The predicted octanol–water partition coefficient (Wildman–Crippen LogP) is 2.37. The van der Waals surface area contributed by atoms with Gasteiger partial charge in [-0.2, -0.15) is 13.2 Å². The van der Waals surface area contributed by atoms with Gasteiger partial charge in [-0.1, -0.05) is 6.07 Å². The van der Waals surface area contributed by atoms with Crippen LogP contribution >= 0.6 is 0 Å². The fourth-order valence-electron chi connectivity index (χ4n) is 2.00. The van der Waals surface area contributed by atoms with Crippen LogP contribution in [0.25, 0.3) is 0 Å². The van der Waals surface area contributed by atoms with Crippen molar-refractivity contribution in [3.63, 3.8) is 0 Å². The van der Waals surface area contributed by atoms with Crippen LogP contribution in [0.1, 0.15) is 30.0 Å². The second-order valence-corrected chi connectivity index (χ2v) is 4.92. The third-order valence-corrected chi connectivity index (χ3v) is 3.22. The van der Waals surface area contributed by atoms with Gasteiger partial charge in [0.1, 0.15) is 11.9 Å². The molecule has 1 unspecified atom stereocenters. The molecule has 0 spiro atoms. The first-order valence-electron chi connectivity index (χ1n) is 6.18. The third-order valence-electron chi connectivity index (χ3n) is 3.22. The van der Waals surface area contributed by atoms with E-state index in [0.29, 0.717) is 18.5 Å². The van der Waals surface area contributed by atoms with Gasteiger partial charge < -0.3 is 11.1 Å². The highest BCUT2D eigenvalue weighted by atomic mass is 19.4. The van der Waals surface area contributed by atoms with Gasteiger partial charge in [-0.05, 0) is 43.0 Å². The van der Waals surface area contributed by atoms with Gasteiger partial charge >= 0.3 is 6.18 Å². The zero-order valence-electron chi connectivity index (χ0n) is 10.5. The summed E-state index contributed by atoms with van der Waals surface area (Å²) in [6.07, 6.45) is -2.78. The molecule has 0 heterocycles. The van der Waals surface area contributed by atoms with Gasteiger partial charge in [0.05, 0.1) is 5.56 Å². The first-order chi connectivity index (χ1) is 9.29. The molecule has 1 aliphatic carbocycles. The molecule has 1 aromatic carbocycles. The van der Waals surface area contributed by atoms with Gasteiger partial charge in [0.2, 0.25) is 5.91 Å². The molecular formula is C13H14F4N2O. The minimum Gasteiger partial charge on any atom is -0.368 e. The largest absolute Gasteiger partial charge is 0.416 e. The summed E-state index contributed by atoms with van der Waals surface area (Å²) >= 11 is 0. The topological polar surface area (TPSA) is 55.1 Å². The molecule has 1 aromatic rings. The van der Waals surface area contributed by atoms with E-state index in [1.54, 1.807) is 0 Å². The minimum atomic E-state index is -4.74. The molecule has 0 radical (unpaired) electrons. The number of hydrogen-bond donors (Lipinski definition) is 2. The molecule has 1 atom stereocenters. The monoisotopic (exact) mass is 290 g/mol. The molecule has 7 heteroatoms. The van der Waals surface area contributed by atoms with E-state index in [-0.39, 0.29) is 5.56 Å². The van der Waals surface area contributed by atoms with E-state index in [1.807, 2.05) is 0 Å². The van der Waals surface area contributed by atoms with E-state index in [4.69, 9.17) is 5.73 Å². The number of amides is 1. The molecule has 2 rings (SSSR count). The van der Waals surface area contributed by atoms with E-state index in [2.05, 4.69) is 5.32 Å². The Labute approximate surface area is 113 Å². The van der Waals surface area contributed by atoms with Crippen LogP contribution in [-0.2, 0) is 11.0 Å². The van der Waals surface area contributed by atoms with Gasteiger partial charge in [-0.15, -0.1) is 0 Å². The summed E-state index contributed by atoms with van der Waals surface area (Å²) in [4.78, 5) is 11.4. The van der Waals surface area contributed by atoms with E-state index in [0.717, 1.165) is 25.0 Å². The molecule has 0 bridgehead atoms. The molecule has 1 amide bonds. The Morgan fingerprint density at radius 3 is 2.55 bits per heavy atom. The lowest BCUT2D eigenvalue weighted by Gasteiger charge is -2.20. The zero-order chi connectivity index (χ0) is 14.9. The van der Waals surface area contributed by atoms with Crippen molar-refractivity contribution in [2.24, 2.45) is 11.7 Å². The minimum absolute atomic E-state index is 0.341. The number of rotatable bonds is 5. The average Bonchev–Trinajstić information content (AvgIpc) is 3.13. The molecule has 20 heavy (non-hydrogen) atoms. The highest BCUT2D eigenvalue weighted by Crippen LogP contribution is 2.36. The van der Waals surface area contributed by atoms with Crippen LogP contribution in [0.15, 0.2) is 18.2 Å². The summed E-state index contributed by atoms with van der Waals surface area (Å²) in [5, 5.41) is 2.73. The summed E-state index contributed by atoms with van der Waals surface area (Å²) in [5.74, 6) is -1.55. The molecule has 1 saturated carbocycles. The normalized spacial score (nSPS) is 17.0. The van der Waals surface area contributed by atoms with Crippen LogP contribution in [-0.4, -0.2) is 12.5 Å². The van der Waals surface area contributed by atoms with E-state index in [9.17, 15) is 22.4 Å². The summed E-state index contributed by atoms with van der Waals surface area (Å²) in [7, 11) is 0. The third kappa shape index (κ3) is 3.47. The van der Waals surface area contributed by atoms with Crippen LogP contribution < -0.4 is 11.1 Å². The Bertz CT molecular complexity index is 512. The van der Waals surface area contributed by atoms with Crippen LogP contribution in [0.5, 0.6) is 0 Å². The lowest BCUT2D eigenvalue weighted by molar-refractivity contribution is -0.138. The van der Waals surface area contributed by atoms with Crippen molar-refractivity contribution >= 4 is 5.91 Å². The molecular weight excluding hydrogens is 276 g/mol. The lowest BCUT2D eigenvalue weighted by Crippen LogP contribution is -2.36. The van der Waals surface area contributed by atoms with Gasteiger partial charge in [0.25, 0.3) is 0 Å². The number of alkyl halides is 3. The smallest absolute Gasteiger partial charge is 0.368 e. The number of hydrogen-bond acceptors (Lipinski definition) is 2. The molecule has 0 saturated heterocycles. The summed E-state index contributed by atoms with van der Waals surface area (Å²) in [6.45, 7) is 0.419. The quantitative estimate of drug-likeness (QED) is 0.818. The van der Waals surface area contributed by atoms with Crippen molar-refractivity contribution < 1.29 is 22.4 Å². The maximum absolute atomic E-state index is 13.0. The second kappa shape index (κ2) is 5.40. The van der Waals surface area contributed by atoms with E-state index >= 15 is 0 Å². The molecule has 1 fully saturated rings. The summed E-state index contributed by atoms with van der Waals surface area (Å²) in [5.41, 5.74) is 3.65. The van der Waals surface area contributed by atoms with Crippen molar-refractivity contribution in [1.29, 1.82) is 0 Å². The van der Waals surface area contributed by atoms with Crippen LogP contribution in [0.4, 0.5) is 17.6 Å². The van der Waals surface area contributed by atoms with Gasteiger partial charge in [0.15, 0.2) is 0 Å². The summed E-state index contributed by atoms with van der Waals surface area (Å²) in [6, 6.07) is 0.949. The Morgan fingerprint density at radius 2 is 2.05 bits per heavy atom. The Morgan fingerprint density at radius 1 is 1.40 bits per heavy atom. The number of carbonyl (C=O) groups excluding carboxylic acids is 1. The molecule has 0 aliphatic heterocycles. The maximum Gasteiger partial charge on any atom is 0.416 e. The Hall–Kier alpha value is -1.63. The summed E-state index contributed by atoms with van der Waals surface area (Å²) < 4.78 is 51.8. The van der Waals surface area contributed by atoms with Crippen LogP contribution in [0, 0.1) is 11.7 Å². The van der Waals surface area contributed by atoms with Crippen molar-refractivity contribution in [1.82, 2.24) is 5.32 Å². The Kier molecular flexibility index (Phi) is 3.99.